The fraction of sp³-hybridized carbons (Fsp3) is 0.593. The minimum absolute atomic E-state index is 0.000747. The van der Waals surface area contributed by atoms with Gasteiger partial charge in [0.05, 0.1) is 19.3 Å². The Morgan fingerprint density at radius 3 is 2.51 bits per heavy atom. The van der Waals surface area contributed by atoms with Crippen LogP contribution in [0.25, 0.3) is 11.1 Å². The molecule has 0 radical (unpaired) electrons. The van der Waals surface area contributed by atoms with Crippen LogP contribution in [0, 0.1) is 58.7 Å². The SMILES string of the molecule is CC[C@@H]1C[C@@H]2C=C[C@H]1C[C@H](O)C[C@]1(CCC[C@H]1CC=O)CN=C(N)NC[C@H]1C=C[C@@H]3CC[C@@H](CO)[C@H]1[C@@H]3Oc1cc(ccc1O)[C@@H]1Oc3cc(OC)c4c(c3C[C@H]1O)[C@@H]2Cc1cc(O)c(CC(C)C)cc1-4. The van der Waals surface area contributed by atoms with E-state index in [0.717, 1.165) is 91.0 Å². The molecular formula is C59H77N3O9. The predicted molar refractivity (Wildman–Crippen MR) is 275 cm³/mol. The third-order valence-corrected chi connectivity index (χ3v) is 18.3. The molecule has 5 aliphatic heterocycles. The van der Waals surface area contributed by atoms with E-state index in [0.29, 0.717) is 91.6 Å². The standard InChI is InChI=1S/C59H77N3O9/c1-5-33-20-36-11-10-35(33)21-43(65)28-59(17-6-7-42(59)16-18-63)31-62-58(60)61-29-38-12-8-34-9-13-39(30-64)53(38)57(34)71-51-25-37(14-15-47(51)66)56-49(68)26-46-50(70-56)27-52(69-4)55-45-23-41(19-32(2)3)48(67)24-40(45)22-44(36)54(46)55/h8,10-12,14-15,18,23-25,27,32-36,38-39,42-44,49,53,56-57,64-68H,5-7,9,13,16-17,19-22,26,28-31H2,1-4H3,(H3,60,61,62)/t33-,34-,35+,36+,38-,39+,42+,43+,44-,49-,53+,56+,57-,59-/m1/s1. The first kappa shape index (κ1) is 49.5. The molecule has 12 nitrogen and oxygen atoms in total. The zero-order valence-electron chi connectivity index (χ0n) is 42.1. The van der Waals surface area contributed by atoms with Crippen LogP contribution in [-0.4, -0.2) is 82.9 Å². The molecule has 14 atom stereocenters. The van der Waals surface area contributed by atoms with Gasteiger partial charge in [-0.05, 0) is 157 Å². The number of allylic oxidation sites excluding steroid dienone is 2. The van der Waals surface area contributed by atoms with E-state index in [1.807, 2.05) is 12.1 Å². The highest BCUT2D eigenvalue weighted by molar-refractivity contribution is 5.84. The number of carbonyl (C=O) groups is 1. The molecule has 12 bridgehead atoms. The Labute approximate surface area is 419 Å². The van der Waals surface area contributed by atoms with Crippen molar-refractivity contribution in [2.45, 2.75) is 135 Å². The summed E-state index contributed by atoms with van der Waals surface area (Å²) in [5.74, 6) is 3.07. The Hall–Kier alpha value is -5.04. The van der Waals surface area contributed by atoms with Gasteiger partial charge in [-0.15, -0.1) is 0 Å². The maximum absolute atomic E-state index is 12.3. The number of carbonyl (C=O) groups excluding carboxylic acids is 1. The van der Waals surface area contributed by atoms with E-state index >= 15 is 0 Å². The summed E-state index contributed by atoms with van der Waals surface area (Å²) in [5.41, 5.74) is 13.1. The van der Waals surface area contributed by atoms with Gasteiger partial charge < -0.3 is 55.6 Å². The zero-order chi connectivity index (χ0) is 49.7. The van der Waals surface area contributed by atoms with Crippen LogP contribution in [0.15, 0.2) is 65.7 Å². The molecule has 3 aromatic rings. The van der Waals surface area contributed by atoms with Crippen LogP contribution in [0.3, 0.4) is 0 Å². The van der Waals surface area contributed by atoms with Crippen molar-refractivity contribution in [2.75, 3.05) is 26.8 Å². The first-order valence-electron chi connectivity index (χ1n) is 26.9. The molecule has 5 aliphatic carbocycles. The maximum Gasteiger partial charge on any atom is 0.188 e. The number of rotatable bonds is 7. The summed E-state index contributed by atoms with van der Waals surface area (Å²) in [6.45, 7) is 7.44. The number of fused-ring (bicyclic) bond motifs is 2. The van der Waals surface area contributed by atoms with Crippen molar-refractivity contribution in [3.63, 3.8) is 0 Å². The van der Waals surface area contributed by atoms with E-state index in [-0.39, 0.29) is 71.2 Å². The van der Waals surface area contributed by atoms with Gasteiger partial charge in [0.25, 0.3) is 0 Å². The lowest BCUT2D eigenvalue weighted by molar-refractivity contribution is -0.109. The number of aliphatic hydroxyl groups is 3. The molecule has 10 aliphatic rings. The van der Waals surface area contributed by atoms with Gasteiger partial charge in [0.1, 0.15) is 35.7 Å². The number of aliphatic imine (C=N–C) groups is 1. The third-order valence-electron chi connectivity index (χ3n) is 18.3. The predicted octanol–water partition coefficient (Wildman–Crippen LogP) is 8.87. The summed E-state index contributed by atoms with van der Waals surface area (Å²) in [6, 6.07) is 11.3. The number of nitrogens with zero attached hydrogens (tertiary/aromatic N) is 1. The normalized spacial score (nSPS) is 34.3. The third kappa shape index (κ3) is 9.46. The molecule has 1 spiro atoms. The average Bonchev–Trinajstić information content (AvgIpc) is 3.74. The number of nitrogens with two attached hydrogens (primary N) is 1. The Balaban J connectivity index is 1.09. The topological polar surface area (TPSA) is 196 Å². The van der Waals surface area contributed by atoms with Crippen LogP contribution in [0.5, 0.6) is 28.7 Å². The molecule has 5 heterocycles. The molecule has 2 saturated carbocycles. The van der Waals surface area contributed by atoms with E-state index in [4.69, 9.17) is 24.9 Å². The Morgan fingerprint density at radius 1 is 0.930 bits per heavy atom. The fourth-order valence-electron chi connectivity index (χ4n) is 14.8. The molecule has 12 heteroatoms. The van der Waals surface area contributed by atoms with Gasteiger partial charge in [-0.3, -0.25) is 4.99 Å². The van der Waals surface area contributed by atoms with Crippen LogP contribution in [0.2, 0.25) is 0 Å². The molecule has 2 fully saturated rings. The molecule has 13 rings (SSSR count). The van der Waals surface area contributed by atoms with E-state index < -0.39 is 18.3 Å². The number of aromatic hydroxyl groups is 2. The van der Waals surface area contributed by atoms with Crippen molar-refractivity contribution in [2.24, 2.45) is 69.4 Å². The number of guanidine groups is 1. The van der Waals surface area contributed by atoms with Gasteiger partial charge in [0.15, 0.2) is 17.5 Å². The molecule has 8 N–H and O–H groups in total. The molecule has 0 saturated heterocycles. The molecule has 3 aromatic carbocycles. The largest absolute Gasteiger partial charge is 0.508 e. The lowest BCUT2D eigenvalue weighted by Crippen LogP contribution is -2.51. The van der Waals surface area contributed by atoms with E-state index in [9.17, 15) is 30.3 Å². The minimum Gasteiger partial charge on any atom is -0.508 e. The van der Waals surface area contributed by atoms with Crippen LogP contribution in [0.4, 0.5) is 0 Å². The minimum atomic E-state index is -0.932. The van der Waals surface area contributed by atoms with Crippen molar-refractivity contribution in [3.8, 4) is 39.9 Å². The summed E-state index contributed by atoms with van der Waals surface area (Å²) in [6.07, 6.45) is 17.1. The van der Waals surface area contributed by atoms with Gasteiger partial charge in [0, 0.05) is 67.5 Å². The van der Waals surface area contributed by atoms with Crippen molar-refractivity contribution >= 4 is 12.2 Å². The highest BCUT2D eigenvalue weighted by Gasteiger charge is 2.48. The second kappa shape index (κ2) is 20.5. The van der Waals surface area contributed by atoms with E-state index in [1.165, 1.54) is 0 Å². The van der Waals surface area contributed by atoms with Crippen molar-refractivity contribution in [1.29, 1.82) is 0 Å². The first-order chi connectivity index (χ1) is 34.3. The number of ether oxygens (including phenoxy) is 3. The Morgan fingerprint density at radius 2 is 1.73 bits per heavy atom. The van der Waals surface area contributed by atoms with E-state index in [1.54, 1.807) is 25.3 Å². The summed E-state index contributed by atoms with van der Waals surface area (Å²) in [5, 5.41) is 61.6. The molecule has 0 amide bonds. The number of benzene rings is 3. The molecule has 71 heavy (non-hydrogen) atoms. The second-order valence-corrected chi connectivity index (χ2v) is 23.0. The first-order valence-corrected chi connectivity index (χ1v) is 26.9. The van der Waals surface area contributed by atoms with Gasteiger partial charge in [-0.1, -0.05) is 64.0 Å². The quantitative estimate of drug-likeness (QED) is 0.0883. The molecule has 0 unspecified atom stereocenters. The molecular weight excluding hydrogens is 895 g/mol. The number of aliphatic hydroxyl groups excluding tert-OH is 3. The number of methoxy groups -OCH3 is 1. The number of hydrogen-bond donors (Lipinski definition) is 7. The number of phenolic OH excluding ortho intramolecular Hbond substituents is 2. The van der Waals surface area contributed by atoms with Gasteiger partial charge in [0.2, 0.25) is 0 Å². The Kier molecular flexibility index (Phi) is 14.3. The summed E-state index contributed by atoms with van der Waals surface area (Å²) < 4.78 is 20.2. The second-order valence-electron chi connectivity index (χ2n) is 23.0. The fourth-order valence-corrected chi connectivity index (χ4v) is 14.8. The highest BCUT2D eigenvalue weighted by atomic mass is 16.5. The summed E-state index contributed by atoms with van der Waals surface area (Å²) in [4.78, 5) is 17.1. The van der Waals surface area contributed by atoms with E-state index in [2.05, 4.69) is 56.5 Å². The lowest BCUT2D eigenvalue weighted by Gasteiger charge is -2.47. The van der Waals surface area contributed by atoms with Gasteiger partial charge in [-0.2, -0.15) is 0 Å². The number of phenols is 2. The highest BCUT2D eigenvalue weighted by Crippen LogP contribution is 2.57. The van der Waals surface area contributed by atoms with Crippen LogP contribution < -0.4 is 25.3 Å². The van der Waals surface area contributed by atoms with Crippen LogP contribution in [-0.2, 0) is 24.1 Å². The monoisotopic (exact) mass is 972 g/mol. The number of nitrogens with one attached hydrogen (secondary N) is 1. The van der Waals surface area contributed by atoms with Crippen molar-refractivity contribution in [3.05, 3.63) is 88.5 Å². The van der Waals surface area contributed by atoms with Gasteiger partial charge in [-0.25, -0.2) is 0 Å². The summed E-state index contributed by atoms with van der Waals surface area (Å²) >= 11 is 0. The molecule has 382 valence electrons. The zero-order valence-corrected chi connectivity index (χ0v) is 42.1. The smallest absolute Gasteiger partial charge is 0.188 e. The van der Waals surface area contributed by atoms with Gasteiger partial charge >= 0.3 is 0 Å². The van der Waals surface area contributed by atoms with Crippen molar-refractivity contribution < 1.29 is 44.5 Å². The number of hydrogen-bond acceptors (Lipinski definition) is 12. The number of aldehydes is 1. The average molecular weight is 972 g/mol. The lowest BCUT2D eigenvalue weighted by atomic mass is 9.63. The van der Waals surface area contributed by atoms with Crippen LogP contribution >= 0.6 is 0 Å². The van der Waals surface area contributed by atoms with Crippen molar-refractivity contribution in [1.82, 2.24) is 5.32 Å². The summed E-state index contributed by atoms with van der Waals surface area (Å²) in [7, 11) is 1.70. The Bertz CT molecular complexity index is 2540. The maximum atomic E-state index is 12.3. The molecule has 0 aromatic heterocycles. The van der Waals surface area contributed by atoms with Crippen LogP contribution in [0.1, 0.15) is 125 Å².